The molecule has 0 atom stereocenters. The summed E-state index contributed by atoms with van der Waals surface area (Å²) < 4.78 is 5.16. The van der Waals surface area contributed by atoms with Crippen molar-refractivity contribution in [3.63, 3.8) is 0 Å². The quantitative estimate of drug-likeness (QED) is 0.795. The van der Waals surface area contributed by atoms with Gasteiger partial charge in [-0.1, -0.05) is 5.16 Å². The molecule has 7 nitrogen and oxygen atoms in total. The highest BCUT2D eigenvalue weighted by Gasteiger charge is 2.19. The Kier molecular flexibility index (Phi) is 5.86. The molecule has 2 aromatic rings. The van der Waals surface area contributed by atoms with Crippen LogP contribution in [0.2, 0.25) is 0 Å². The number of carboxylic acids is 1. The van der Waals surface area contributed by atoms with Gasteiger partial charge in [0.1, 0.15) is 0 Å². The second-order valence-corrected chi connectivity index (χ2v) is 6.13. The number of hydrogen-bond acceptors (Lipinski definition) is 6. The lowest BCUT2D eigenvalue weighted by Crippen LogP contribution is -2.38. The number of amides is 1. The van der Waals surface area contributed by atoms with E-state index in [1.807, 2.05) is 30.7 Å². The predicted molar refractivity (Wildman–Crippen MR) is 85.0 cm³/mol. The van der Waals surface area contributed by atoms with Gasteiger partial charge < -0.3 is 14.5 Å². The summed E-state index contributed by atoms with van der Waals surface area (Å²) in [5.74, 6) is -0.112. The Morgan fingerprint density at radius 3 is 2.78 bits per heavy atom. The van der Waals surface area contributed by atoms with Gasteiger partial charge in [-0.05, 0) is 25.3 Å². The Bertz CT molecular complexity index is 651. The SMILES string of the molecule is CC(C)N(CCC(=O)O)C(=O)CCc1nc(-c2ccsc2)no1. The molecule has 23 heavy (non-hydrogen) atoms. The summed E-state index contributed by atoms with van der Waals surface area (Å²) in [6.45, 7) is 3.93. The summed E-state index contributed by atoms with van der Waals surface area (Å²) >= 11 is 1.55. The fraction of sp³-hybridized carbons (Fsp3) is 0.467. The van der Waals surface area contributed by atoms with E-state index in [9.17, 15) is 9.59 Å². The Balaban J connectivity index is 1.91. The molecule has 1 N–H and O–H groups in total. The molecule has 0 radical (unpaired) electrons. The highest BCUT2D eigenvalue weighted by Crippen LogP contribution is 2.19. The van der Waals surface area contributed by atoms with Crippen LogP contribution in [0.3, 0.4) is 0 Å². The number of thiophene rings is 1. The first-order chi connectivity index (χ1) is 11.0. The lowest BCUT2D eigenvalue weighted by molar-refractivity contribution is -0.139. The number of hydrogen-bond donors (Lipinski definition) is 1. The van der Waals surface area contributed by atoms with E-state index in [2.05, 4.69) is 10.1 Å². The molecule has 0 aliphatic carbocycles. The van der Waals surface area contributed by atoms with Crippen molar-refractivity contribution in [1.29, 1.82) is 0 Å². The van der Waals surface area contributed by atoms with E-state index in [-0.39, 0.29) is 31.3 Å². The van der Waals surface area contributed by atoms with Crippen molar-refractivity contribution in [2.24, 2.45) is 0 Å². The minimum atomic E-state index is -0.916. The zero-order chi connectivity index (χ0) is 16.8. The molecule has 0 spiro atoms. The van der Waals surface area contributed by atoms with E-state index in [0.717, 1.165) is 5.56 Å². The van der Waals surface area contributed by atoms with E-state index in [1.165, 1.54) is 0 Å². The van der Waals surface area contributed by atoms with Crippen LogP contribution in [0.5, 0.6) is 0 Å². The van der Waals surface area contributed by atoms with Crippen molar-refractivity contribution in [3.8, 4) is 11.4 Å². The van der Waals surface area contributed by atoms with Crippen LogP contribution in [0.4, 0.5) is 0 Å². The summed E-state index contributed by atoms with van der Waals surface area (Å²) in [6.07, 6.45) is 0.488. The zero-order valence-corrected chi connectivity index (χ0v) is 13.9. The first-order valence-corrected chi connectivity index (χ1v) is 8.28. The van der Waals surface area contributed by atoms with Crippen LogP contribution in [-0.4, -0.2) is 44.6 Å². The topological polar surface area (TPSA) is 96.5 Å². The van der Waals surface area contributed by atoms with Gasteiger partial charge in [0.15, 0.2) is 0 Å². The molecule has 0 aliphatic rings. The number of aliphatic carboxylic acids is 1. The average molecular weight is 337 g/mol. The summed E-state index contributed by atoms with van der Waals surface area (Å²) in [5, 5.41) is 16.5. The maximum Gasteiger partial charge on any atom is 0.305 e. The Labute approximate surface area is 137 Å². The van der Waals surface area contributed by atoms with Crippen molar-refractivity contribution in [1.82, 2.24) is 15.0 Å². The first-order valence-electron chi connectivity index (χ1n) is 7.33. The van der Waals surface area contributed by atoms with Crippen LogP contribution >= 0.6 is 11.3 Å². The highest BCUT2D eigenvalue weighted by atomic mass is 32.1. The maximum atomic E-state index is 12.3. The summed E-state index contributed by atoms with van der Waals surface area (Å²) in [6, 6.07) is 1.85. The third-order valence-corrected chi connectivity index (χ3v) is 3.99. The first kappa shape index (κ1) is 17.1. The van der Waals surface area contributed by atoms with E-state index in [0.29, 0.717) is 18.1 Å². The van der Waals surface area contributed by atoms with Crippen LogP contribution in [0.15, 0.2) is 21.3 Å². The van der Waals surface area contributed by atoms with Crippen LogP contribution in [-0.2, 0) is 16.0 Å². The van der Waals surface area contributed by atoms with Gasteiger partial charge in [0.2, 0.25) is 17.6 Å². The van der Waals surface area contributed by atoms with Gasteiger partial charge in [0, 0.05) is 36.4 Å². The predicted octanol–water partition coefficient (Wildman–Crippen LogP) is 2.44. The molecule has 0 aliphatic heterocycles. The van der Waals surface area contributed by atoms with Crippen LogP contribution in [0.1, 0.15) is 32.6 Å². The summed E-state index contributed by atoms with van der Waals surface area (Å²) in [7, 11) is 0. The normalized spacial score (nSPS) is 10.9. The Morgan fingerprint density at radius 1 is 1.39 bits per heavy atom. The van der Waals surface area contributed by atoms with E-state index in [1.54, 1.807) is 16.2 Å². The number of nitrogens with zero attached hydrogens (tertiary/aromatic N) is 3. The van der Waals surface area contributed by atoms with Crippen molar-refractivity contribution < 1.29 is 19.2 Å². The number of carboxylic acid groups (broad SMARTS) is 1. The van der Waals surface area contributed by atoms with Crippen LogP contribution in [0.25, 0.3) is 11.4 Å². The van der Waals surface area contributed by atoms with Crippen molar-refractivity contribution in [2.45, 2.75) is 39.2 Å². The molecule has 8 heteroatoms. The molecule has 1 amide bonds. The van der Waals surface area contributed by atoms with Crippen LogP contribution < -0.4 is 0 Å². The van der Waals surface area contributed by atoms with Gasteiger partial charge in [-0.3, -0.25) is 9.59 Å². The fourth-order valence-electron chi connectivity index (χ4n) is 2.11. The largest absolute Gasteiger partial charge is 0.481 e. The van der Waals surface area contributed by atoms with Gasteiger partial charge in [-0.2, -0.15) is 16.3 Å². The second-order valence-electron chi connectivity index (χ2n) is 5.35. The van der Waals surface area contributed by atoms with Gasteiger partial charge in [-0.25, -0.2) is 0 Å². The maximum absolute atomic E-state index is 12.3. The van der Waals surface area contributed by atoms with Gasteiger partial charge >= 0.3 is 5.97 Å². The monoisotopic (exact) mass is 337 g/mol. The number of aromatic nitrogens is 2. The molecule has 2 heterocycles. The van der Waals surface area contributed by atoms with Gasteiger partial charge in [-0.15, -0.1) is 0 Å². The molecule has 0 aromatic carbocycles. The average Bonchev–Trinajstić information content (AvgIpc) is 3.15. The van der Waals surface area contributed by atoms with Crippen molar-refractivity contribution in [2.75, 3.05) is 6.54 Å². The third kappa shape index (κ3) is 4.88. The number of aryl methyl sites for hydroxylation is 1. The highest BCUT2D eigenvalue weighted by molar-refractivity contribution is 7.08. The Morgan fingerprint density at radius 2 is 2.17 bits per heavy atom. The molecule has 0 unspecified atom stereocenters. The standard InChI is InChI=1S/C15H19N3O4S/c1-10(2)18(7-5-14(20)21)13(19)4-3-12-16-15(17-22-12)11-6-8-23-9-11/h6,8-10H,3-5,7H2,1-2H3,(H,20,21). The van der Waals surface area contributed by atoms with Crippen LogP contribution in [0, 0.1) is 0 Å². The second kappa shape index (κ2) is 7.87. The molecule has 0 fully saturated rings. The smallest absolute Gasteiger partial charge is 0.305 e. The molecule has 0 saturated carbocycles. The van der Waals surface area contributed by atoms with E-state index >= 15 is 0 Å². The fourth-order valence-corrected chi connectivity index (χ4v) is 2.74. The van der Waals surface area contributed by atoms with E-state index < -0.39 is 5.97 Å². The third-order valence-electron chi connectivity index (χ3n) is 3.31. The molecular weight excluding hydrogens is 318 g/mol. The number of rotatable bonds is 8. The van der Waals surface area contributed by atoms with Crippen molar-refractivity contribution in [3.05, 3.63) is 22.7 Å². The van der Waals surface area contributed by atoms with Gasteiger partial charge in [0.25, 0.3) is 0 Å². The van der Waals surface area contributed by atoms with Crippen molar-refractivity contribution >= 4 is 23.2 Å². The number of carbonyl (C=O) groups is 2. The molecule has 124 valence electrons. The minimum absolute atomic E-state index is 0.0501. The van der Waals surface area contributed by atoms with Gasteiger partial charge in [0.05, 0.1) is 6.42 Å². The van der Waals surface area contributed by atoms with E-state index in [4.69, 9.17) is 9.63 Å². The summed E-state index contributed by atoms with van der Waals surface area (Å²) in [5.41, 5.74) is 0.890. The lowest BCUT2D eigenvalue weighted by Gasteiger charge is -2.26. The molecule has 0 saturated heterocycles. The number of carbonyl (C=O) groups excluding carboxylic acids is 1. The molecular formula is C15H19N3O4S. The lowest BCUT2D eigenvalue weighted by atomic mass is 10.2. The summed E-state index contributed by atoms with van der Waals surface area (Å²) in [4.78, 5) is 28.8. The molecule has 0 bridgehead atoms. The Hall–Kier alpha value is -2.22. The molecule has 2 rings (SSSR count). The minimum Gasteiger partial charge on any atom is -0.481 e. The molecule has 2 aromatic heterocycles. The zero-order valence-electron chi connectivity index (χ0n) is 13.1.